The van der Waals surface area contributed by atoms with E-state index in [0.29, 0.717) is 37.3 Å². The quantitative estimate of drug-likeness (QED) is 0.122. The van der Waals surface area contributed by atoms with Gasteiger partial charge in [-0.2, -0.15) is 0 Å². The van der Waals surface area contributed by atoms with Crippen molar-refractivity contribution in [3.63, 3.8) is 0 Å². The number of carbonyl (C=O) groups is 2. The third kappa shape index (κ3) is 11.0. The minimum Gasteiger partial charge on any atom is -0.505 e. The maximum Gasteiger partial charge on any atom is 0.255 e. The standard InChI is InChI=1S/C37H51N5O8/c1-25-15-28(34(47)31(17-25)38-36(49)30(22-43)23-44)20-40-9-6-10-41(12-14-42(13-11-40)19-27-7-4-3-5-8-27)21-29-16-26(2)18-32(35(29)48)39-37(50)33(46)24-45/h3-5,7-8,15-18,30,33,43-48H,6,9-14,19-24H2,1-2H3,(H,38,49)(H,39,50). The summed E-state index contributed by atoms with van der Waals surface area (Å²) in [4.78, 5) is 31.8. The number of benzene rings is 3. The van der Waals surface area contributed by atoms with E-state index < -0.39 is 43.7 Å². The number of nitrogens with zero attached hydrogens (tertiary/aromatic N) is 3. The number of amides is 2. The molecule has 2 amide bonds. The Morgan fingerprint density at radius 1 is 0.660 bits per heavy atom. The fraction of sp³-hybridized carbons (Fsp3) is 0.459. The number of hydrogen-bond acceptors (Lipinski definition) is 11. The molecule has 1 aliphatic rings. The molecule has 13 heteroatoms. The fourth-order valence-electron chi connectivity index (χ4n) is 6.11. The highest BCUT2D eigenvalue weighted by Crippen LogP contribution is 2.32. The molecule has 3 aromatic rings. The Morgan fingerprint density at radius 3 is 1.58 bits per heavy atom. The van der Waals surface area contributed by atoms with Crippen molar-refractivity contribution in [2.75, 3.05) is 69.7 Å². The van der Waals surface area contributed by atoms with Gasteiger partial charge in [0.25, 0.3) is 5.91 Å². The predicted molar refractivity (Wildman–Crippen MR) is 191 cm³/mol. The Balaban J connectivity index is 1.55. The van der Waals surface area contributed by atoms with Crippen molar-refractivity contribution < 1.29 is 40.2 Å². The number of aryl methyl sites for hydroxylation is 2. The van der Waals surface area contributed by atoms with Crippen molar-refractivity contribution in [1.82, 2.24) is 14.7 Å². The number of aromatic hydroxyl groups is 2. The van der Waals surface area contributed by atoms with Gasteiger partial charge in [-0.3, -0.25) is 24.3 Å². The van der Waals surface area contributed by atoms with E-state index in [9.17, 15) is 35.1 Å². The van der Waals surface area contributed by atoms with Crippen LogP contribution in [0.1, 0.15) is 34.2 Å². The smallest absolute Gasteiger partial charge is 0.255 e. The van der Waals surface area contributed by atoms with Crippen LogP contribution < -0.4 is 10.6 Å². The third-order valence-electron chi connectivity index (χ3n) is 8.92. The summed E-state index contributed by atoms with van der Waals surface area (Å²) in [6, 6.07) is 17.3. The first-order valence-electron chi connectivity index (χ1n) is 17.0. The first-order valence-corrected chi connectivity index (χ1v) is 17.0. The summed E-state index contributed by atoms with van der Waals surface area (Å²) in [6.45, 7) is 7.97. The number of carbonyl (C=O) groups excluding carboxylic acids is 2. The Kier molecular flexibility index (Phi) is 14.5. The summed E-state index contributed by atoms with van der Waals surface area (Å²) < 4.78 is 0. The van der Waals surface area contributed by atoms with Crippen LogP contribution in [0.25, 0.3) is 0 Å². The maximum absolute atomic E-state index is 12.6. The number of anilines is 2. The molecule has 1 saturated heterocycles. The van der Waals surface area contributed by atoms with Gasteiger partial charge in [0.2, 0.25) is 5.91 Å². The van der Waals surface area contributed by atoms with Crippen molar-refractivity contribution in [3.8, 4) is 11.5 Å². The largest absolute Gasteiger partial charge is 0.505 e. The average molecular weight is 694 g/mol. The topological polar surface area (TPSA) is 189 Å². The van der Waals surface area contributed by atoms with E-state index in [1.54, 1.807) is 12.1 Å². The minimum atomic E-state index is -1.60. The van der Waals surface area contributed by atoms with Gasteiger partial charge in [0.05, 0.1) is 37.1 Å². The van der Waals surface area contributed by atoms with Gasteiger partial charge in [0.15, 0.2) is 6.10 Å². The first-order chi connectivity index (χ1) is 24.0. The molecule has 13 nitrogen and oxygen atoms in total. The Morgan fingerprint density at radius 2 is 1.12 bits per heavy atom. The van der Waals surface area contributed by atoms with Crippen LogP contribution in [0, 0.1) is 19.8 Å². The zero-order valence-electron chi connectivity index (χ0n) is 28.9. The lowest BCUT2D eigenvalue weighted by atomic mass is 10.1. The molecule has 4 rings (SSSR count). The zero-order valence-corrected chi connectivity index (χ0v) is 28.9. The second kappa shape index (κ2) is 18.8. The van der Waals surface area contributed by atoms with Crippen LogP contribution in [-0.4, -0.2) is 122 Å². The molecule has 1 fully saturated rings. The SMILES string of the molecule is Cc1cc(CN2CCCN(Cc3cc(C)cc(NC(=O)C(CO)CO)c3O)CCN(Cc3ccccc3)CC2)c(O)c(NC(=O)C(O)CO)c1. The van der Waals surface area contributed by atoms with Crippen LogP contribution in [-0.2, 0) is 29.2 Å². The van der Waals surface area contributed by atoms with Crippen LogP contribution in [0.3, 0.4) is 0 Å². The molecule has 1 atom stereocenters. The van der Waals surface area contributed by atoms with Gasteiger partial charge in [-0.25, -0.2) is 0 Å². The molecule has 3 aromatic carbocycles. The lowest BCUT2D eigenvalue weighted by Gasteiger charge is -2.33. The van der Waals surface area contributed by atoms with E-state index in [4.69, 9.17) is 5.11 Å². The minimum absolute atomic E-state index is 0.0530. The molecule has 0 aliphatic carbocycles. The molecule has 1 aliphatic heterocycles. The van der Waals surface area contributed by atoms with Crippen molar-refractivity contribution in [2.45, 2.75) is 46.0 Å². The third-order valence-corrected chi connectivity index (χ3v) is 8.92. The fourth-order valence-corrected chi connectivity index (χ4v) is 6.11. The summed E-state index contributed by atoms with van der Waals surface area (Å²) in [7, 11) is 0. The number of phenols is 2. The van der Waals surface area contributed by atoms with Gasteiger partial charge in [-0.05, 0) is 62.2 Å². The summed E-state index contributed by atoms with van der Waals surface area (Å²) >= 11 is 0. The maximum atomic E-state index is 12.6. The molecule has 8 N–H and O–H groups in total. The first kappa shape index (κ1) is 38.7. The van der Waals surface area contributed by atoms with E-state index in [1.165, 1.54) is 5.56 Å². The summed E-state index contributed by atoms with van der Waals surface area (Å²) in [5.74, 6) is -2.51. The van der Waals surface area contributed by atoms with Crippen LogP contribution in [0.2, 0.25) is 0 Å². The van der Waals surface area contributed by atoms with Crippen LogP contribution in [0.4, 0.5) is 11.4 Å². The van der Waals surface area contributed by atoms with E-state index in [0.717, 1.165) is 50.3 Å². The summed E-state index contributed by atoms with van der Waals surface area (Å²) in [6.07, 6.45) is -0.807. The van der Waals surface area contributed by atoms with Crippen LogP contribution >= 0.6 is 0 Å². The number of aliphatic hydroxyl groups excluding tert-OH is 4. The molecule has 0 aromatic heterocycles. The normalized spacial score (nSPS) is 15.9. The van der Waals surface area contributed by atoms with Crippen molar-refractivity contribution in [3.05, 3.63) is 82.4 Å². The molecule has 0 saturated carbocycles. The highest BCUT2D eigenvalue weighted by atomic mass is 16.3. The summed E-state index contributed by atoms with van der Waals surface area (Å²) in [5.41, 5.74) is 4.54. The Hall–Kier alpha value is -4.08. The molecule has 0 spiro atoms. The van der Waals surface area contributed by atoms with E-state index in [2.05, 4.69) is 37.5 Å². The van der Waals surface area contributed by atoms with Gasteiger partial charge < -0.3 is 41.3 Å². The van der Waals surface area contributed by atoms with E-state index in [-0.39, 0.29) is 22.9 Å². The lowest BCUT2D eigenvalue weighted by molar-refractivity contribution is -0.125. The molecular formula is C37H51N5O8. The van der Waals surface area contributed by atoms with Crippen LogP contribution in [0.15, 0.2) is 54.6 Å². The highest BCUT2D eigenvalue weighted by Gasteiger charge is 2.23. The Labute approximate surface area is 293 Å². The number of aliphatic hydroxyl groups is 4. The van der Waals surface area contributed by atoms with Gasteiger partial charge in [-0.15, -0.1) is 0 Å². The molecule has 0 bridgehead atoms. The zero-order chi connectivity index (χ0) is 36.2. The Bertz CT molecular complexity index is 1570. The summed E-state index contributed by atoms with van der Waals surface area (Å²) in [5, 5.41) is 65.3. The molecule has 272 valence electrons. The van der Waals surface area contributed by atoms with Crippen molar-refractivity contribution >= 4 is 23.2 Å². The molecule has 1 heterocycles. The average Bonchev–Trinajstić information content (AvgIpc) is 3.09. The van der Waals surface area contributed by atoms with E-state index >= 15 is 0 Å². The molecule has 50 heavy (non-hydrogen) atoms. The molecular weight excluding hydrogens is 642 g/mol. The monoisotopic (exact) mass is 693 g/mol. The number of hydrogen-bond donors (Lipinski definition) is 8. The van der Waals surface area contributed by atoms with Gasteiger partial charge in [-0.1, -0.05) is 42.5 Å². The second-order valence-electron chi connectivity index (χ2n) is 13.0. The molecule has 1 unspecified atom stereocenters. The number of nitrogens with one attached hydrogen (secondary N) is 2. The predicted octanol–water partition coefficient (Wildman–Crippen LogP) is 1.76. The van der Waals surface area contributed by atoms with Crippen LogP contribution in [0.5, 0.6) is 11.5 Å². The number of phenolic OH excluding ortho intramolecular Hbond substituents is 2. The van der Waals surface area contributed by atoms with Crippen molar-refractivity contribution in [1.29, 1.82) is 0 Å². The second-order valence-corrected chi connectivity index (χ2v) is 13.0. The van der Waals surface area contributed by atoms with Gasteiger partial charge >= 0.3 is 0 Å². The number of rotatable bonds is 13. The lowest BCUT2D eigenvalue weighted by Crippen LogP contribution is -2.42. The van der Waals surface area contributed by atoms with E-state index in [1.807, 2.05) is 44.2 Å². The van der Waals surface area contributed by atoms with Gasteiger partial charge in [0, 0.05) is 56.9 Å². The molecule has 0 radical (unpaired) electrons. The highest BCUT2D eigenvalue weighted by molar-refractivity contribution is 5.96. The van der Waals surface area contributed by atoms with Gasteiger partial charge in [0.1, 0.15) is 11.5 Å². The van der Waals surface area contributed by atoms with Crippen molar-refractivity contribution in [2.24, 2.45) is 5.92 Å².